The third-order valence-electron chi connectivity index (χ3n) is 10.6. The molecule has 10 aromatic rings. The van der Waals surface area contributed by atoms with Gasteiger partial charge >= 0.3 is 0 Å². The molecule has 2 heterocycles. The van der Waals surface area contributed by atoms with Crippen molar-refractivity contribution in [3.63, 3.8) is 0 Å². The molecule has 5 nitrogen and oxygen atoms in total. The van der Waals surface area contributed by atoms with E-state index in [9.17, 15) is 0 Å². The summed E-state index contributed by atoms with van der Waals surface area (Å²) in [6, 6.07) is 78.5. The van der Waals surface area contributed by atoms with Gasteiger partial charge in [0.05, 0.1) is 11.4 Å². The fourth-order valence-electron chi connectivity index (χ4n) is 7.38. The number of rotatable bonds is 10. The van der Waals surface area contributed by atoms with Crippen molar-refractivity contribution in [3.8, 4) is 102 Å². The van der Waals surface area contributed by atoms with Gasteiger partial charge in [0, 0.05) is 27.8 Å². The van der Waals surface area contributed by atoms with Crippen molar-refractivity contribution < 1.29 is 4.74 Å². The number of aromatic nitrogens is 4. The van der Waals surface area contributed by atoms with Crippen molar-refractivity contribution in [1.82, 2.24) is 19.9 Å². The SMILES string of the molecule is c1ccc(-c2cc(-c3ccccc3)nc(-c3ccc(-c4ccc(Oc5ccc(-c6ccc(-c7nc(-c8ccccc8)nc(-c8ccccc8)n7)cc6)cc5)cc4)cc3)c2)cc1. The molecule has 0 aliphatic heterocycles. The molecule has 0 spiro atoms. The van der Waals surface area contributed by atoms with Gasteiger partial charge in [0.2, 0.25) is 0 Å². The van der Waals surface area contributed by atoms with Crippen LogP contribution in [0.3, 0.4) is 0 Å². The van der Waals surface area contributed by atoms with Gasteiger partial charge in [-0.3, -0.25) is 0 Å². The van der Waals surface area contributed by atoms with E-state index in [0.29, 0.717) is 17.5 Å². The topological polar surface area (TPSA) is 60.8 Å². The number of nitrogens with zero attached hydrogens (tertiary/aromatic N) is 4. The second kappa shape index (κ2) is 16.9. The van der Waals surface area contributed by atoms with Gasteiger partial charge in [-0.05, 0) is 69.8 Å². The fraction of sp³-hybridized carbons (Fsp3) is 0. The Bertz CT molecular complexity index is 2700. The van der Waals surface area contributed by atoms with E-state index in [2.05, 4.69) is 133 Å². The van der Waals surface area contributed by atoms with Crippen LogP contribution >= 0.6 is 0 Å². The van der Waals surface area contributed by atoms with Crippen molar-refractivity contribution in [3.05, 3.63) is 231 Å². The number of ether oxygens (including phenoxy) is 1. The zero-order chi connectivity index (χ0) is 40.8. The average molecular weight is 783 g/mol. The Morgan fingerprint density at radius 2 is 0.475 bits per heavy atom. The predicted octanol–water partition coefficient (Wildman–Crippen LogP) is 14.4. The summed E-state index contributed by atoms with van der Waals surface area (Å²) < 4.78 is 6.27. The lowest BCUT2D eigenvalue weighted by Gasteiger charge is -2.11. The van der Waals surface area contributed by atoms with Gasteiger partial charge in [-0.2, -0.15) is 0 Å². The molecule has 0 amide bonds. The lowest BCUT2D eigenvalue weighted by molar-refractivity contribution is 0.483. The number of benzene rings is 8. The molecule has 10 rings (SSSR count). The van der Waals surface area contributed by atoms with E-state index in [0.717, 1.165) is 84.1 Å². The van der Waals surface area contributed by atoms with Crippen molar-refractivity contribution in [2.45, 2.75) is 0 Å². The van der Waals surface area contributed by atoms with E-state index in [-0.39, 0.29) is 0 Å². The highest BCUT2D eigenvalue weighted by atomic mass is 16.5. The summed E-state index contributed by atoms with van der Waals surface area (Å²) in [5.74, 6) is 3.46. The van der Waals surface area contributed by atoms with Crippen LogP contribution in [0.4, 0.5) is 0 Å². The first-order chi connectivity index (χ1) is 30.2. The minimum Gasteiger partial charge on any atom is -0.457 e. The zero-order valence-electron chi connectivity index (χ0n) is 33.1. The van der Waals surface area contributed by atoms with Crippen molar-refractivity contribution >= 4 is 0 Å². The minimum absolute atomic E-state index is 0.630. The summed E-state index contributed by atoms with van der Waals surface area (Å²) >= 11 is 0. The number of hydrogen-bond donors (Lipinski definition) is 0. The highest BCUT2D eigenvalue weighted by molar-refractivity contribution is 5.78. The Morgan fingerprint density at radius 3 is 0.869 bits per heavy atom. The lowest BCUT2D eigenvalue weighted by Crippen LogP contribution is -2.00. The van der Waals surface area contributed by atoms with E-state index in [1.165, 1.54) is 0 Å². The Kier molecular flexibility index (Phi) is 10.3. The van der Waals surface area contributed by atoms with Crippen LogP contribution in [0.15, 0.2) is 231 Å². The molecule has 8 aromatic carbocycles. The first-order valence-electron chi connectivity index (χ1n) is 20.3. The molecule has 0 aliphatic rings. The molecule has 61 heavy (non-hydrogen) atoms. The zero-order valence-corrected chi connectivity index (χ0v) is 33.1. The largest absolute Gasteiger partial charge is 0.457 e. The normalized spacial score (nSPS) is 11.0. The molecule has 0 N–H and O–H groups in total. The van der Waals surface area contributed by atoms with Crippen LogP contribution < -0.4 is 4.74 Å². The molecule has 0 aliphatic carbocycles. The van der Waals surface area contributed by atoms with Crippen LogP contribution in [0.25, 0.3) is 90.1 Å². The quantitative estimate of drug-likeness (QED) is 0.138. The van der Waals surface area contributed by atoms with Crippen LogP contribution in [0.5, 0.6) is 11.5 Å². The average Bonchev–Trinajstić information content (AvgIpc) is 3.35. The van der Waals surface area contributed by atoms with E-state index in [1.54, 1.807) is 0 Å². The van der Waals surface area contributed by atoms with Crippen LogP contribution in [0.1, 0.15) is 0 Å². The lowest BCUT2D eigenvalue weighted by atomic mass is 9.98. The Labute approximate surface area is 355 Å². The molecule has 2 aromatic heterocycles. The third kappa shape index (κ3) is 8.35. The molecular formula is C56H38N4O. The van der Waals surface area contributed by atoms with Crippen LogP contribution in [0, 0.1) is 0 Å². The molecule has 288 valence electrons. The molecule has 0 saturated heterocycles. The first kappa shape index (κ1) is 37.0. The van der Waals surface area contributed by atoms with Crippen LogP contribution in [-0.2, 0) is 0 Å². The van der Waals surface area contributed by atoms with E-state index < -0.39 is 0 Å². The second-order valence-electron chi connectivity index (χ2n) is 14.7. The molecule has 0 bridgehead atoms. The summed E-state index contributed by atoms with van der Waals surface area (Å²) in [6.07, 6.45) is 0. The fourth-order valence-corrected chi connectivity index (χ4v) is 7.38. The van der Waals surface area contributed by atoms with Crippen LogP contribution in [-0.4, -0.2) is 19.9 Å². The van der Waals surface area contributed by atoms with E-state index >= 15 is 0 Å². The first-order valence-corrected chi connectivity index (χ1v) is 20.3. The van der Waals surface area contributed by atoms with Gasteiger partial charge in [-0.25, -0.2) is 19.9 Å². The maximum Gasteiger partial charge on any atom is 0.164 e. The third-order valence-corrected chi connectivity index (χ3v) is 10.6. The summed E-state index contributed by atoms with van der Waals surface area (Å²) in [6.45, 7) is 0. The smallest absolute Gasteiger partial charge is 0.164 e. The van der Waals surface area contributed by atoms with Crippen molar-refractivity contribution in [1.29, 1.82) is 0 Å². The van der Waals surface area contributed by atoms with Gasteiger partial charge in [0.25, 0.3) is 0 Å². The summed E-state index contributed by atoms with van der Waals surface area (Å²) in [4.78, 5) is 19.7. The van der Waals surface area contributed by atoms with Crippen molar-refractivity contribution in [2.75, 3.05) is 0 Å². The summed E-state index contributed by atoms with van der Waals surface area (Å²) in [7, 11) is 0. The van der Waals surface area contributed by atoms with Gasteiger partial charge in [0.1, 0.15) is 11.5 Å². The van der Waals surface area contributed by atoms with E-state index in [4.69, 9.17) is 24.7 Å². The summed E-state index contributed by atoms with van der Waals surface area (Å²) in [5, 5.41) is 0. The molecule has 0 atom stereocenters. The minimum atomic E-state index is 0.630. The van der Waals surface area contributed by atoms with E-state index in [1.807, 2.05) is 97.1 Å². The van der Waals surface area contributed by atoms with Gasteiger partial charge in [0.15, 0.2) is 17.5 Å². The summed E-state index contributed by atoms with van der Waals surface area (Å²) in [5.41, 5.74) is 13.6. The molecule has 0 unspecified atom stereocenters. The Balaban J connectivity index is 0.827. The molecule has 5 heteroatoms. The molecule has 0 fully saturated rings. The maximum atomic E-state index is 6.27. The van der Waals surface area contributed by atoms with Gasteiger partial charge < -0.3 is 4.74 Å². The highest BCUT2D eigenvalue weighted by Crippen LogP contribution is 2.33. The standard InChI is InChI=1S/C56H38N4O/c1-5-13-39(14-6-1)49-37-52(44-15-7-2-8-16-44)57-53(38-49)45-25-21-40(22-26-45)42-29-33-50(34-30-42)61-51-35-31-43(32-36-51)41-23-27-48(28-24-41)56-59-54(46-17-9-3-10-18-46)58-55(60-56)47-19-11-4-12-20-47/h1-38H. The maximum absolute atomic E-state index is 6.27. The Hall–Kier alpha value is -8.28. The van der Waals surface area contributed by atoms with Crippen LogP contribution in [0.2, 0.25) is 0 Å². The monoisotopic (exact) mass is 782 g/mol. The number of pyridine rings is 1. The molecule has 0 radical (unpaired) electrons. The predicted molar refractivity (Wildman–Crippen MR) is 248 cm³/mol. The molecule has 0 saturated carbocycles. The Morgan fingerprint density at radius 1 is 0.213 bits per heavy atom. The molecular weight excluding hydrogens is 745 g/mol. The van der Waals surface area contributed by atoms with Crippen molar-refractivity contribution in [2.24, 2.45) is 0 Å². The highest BCUT2D eigenvalue weighted by Gasteiger charge is 2.13. The number of hydrogen-bond acceptors (Lipinski definition) is 5. The van der Waals surface area contributed by atoms with Gasteiger partial charge in [-0.15, -0.1) is 0 Å². The van der Waals surface area contributed by atoms with Gasteiger partial charge in [-0.1, -0.05) is 194 Å². The second-order valence-corrected chi connectivity index (χ2v) is 14.7.